The fourth-order valence-corrected chi connectivity index (χ4v) is 2.72. The zero-order valence-corrected chi connectivity index (χ0v) is 11.7. The van der Waals surface area contributed by atoms with Crippen molar-refractivity contribution in [1.82, 2.24) is 20.0 Å². The molecule has 1 aromatic rings. The van der Waals surface area contributed by atoms with Crippen molar-refractivity contribution in [3.63, 3.8) is 0 Å². The molecule has 2 heterocycles. The van der Waals surface area contributed by atoms with Crippen LogP contribution in [0.25, 0.3) is 0 Å². The van der Waals surface area contributed by atoms with E-state index in [0.29, 0.717) is 0 Å². The number of nitrogens with one attached hydrogen (secondary N) is 1. The SMILES string of the molecule is CCCn1cc(CN(C)CC2CCNCC2)cn1. The Morgan fingerprint density at radius 1 is 1.44 bits per heavy atom. The third-order valence-corrected chi connectivity index (χ3v) is 3.62. The largest absolute Gasteiger partial charge is 0.317 e. The molecule has 4 nitrogen and oxygen atoms in total. The third kappa shape index (κ3) is 4.10. The van der Waals surface area contributed by atoms with Gasteiger partial charge >= 0.3 is 0 Å². The summed E-state index contributed by atoms with van der Waals surface area (Å²) in [7, 11) is 2.22. The molecule has 1 aliphatic heterocycles. The third-order valence-electron chi connectivity index (χ3n) is 3.62. The van der Waals surface area contributed by atoms with Crippen LogP contribution in [0.3, 0.4) is 0 Å². The Morgan fingerprint density at radius 3 is 2.94 bits per heavy atom. The Balaban J connectivity index is 1.76. The van der Waals surface area contributed by atoms with Crippen LogP contribution < -0.4 is 5.32 Å². The van der Waals surface area contributed by atoms with Gasteiger partial charge in [0.25, 0.3) is 0 Å². The Morgan fingerprint density at radius 2 is 2.22 bits per heavy atom. The zero-order chi connectivity index (χ0) is 12.8. The maximum Gasteiger partial charge on any atom is 0.0534 e. The number of nitrogens with zero attached hydrogens (tertiary/aromatic N) is 3. The number of hydrogen-bond donors (Lipinski definition) is 1. The van der Waals surface area contributed by atoms with E-state index in [9.17, 15) is 0 Å². The molecule has 1 N–H and O–H groups in total. The van der Waals surface area contributed by atoms with E-state index in [1.807, 2.05) is 10.9 Å². The summed E-state index contributed by atoms with van der Waals surface area (Å²) in [5.41, 5.74) is 1.33. The summed E-state index contributed by atoms with van der Waals surface area (Å²) in [5.74, 6) is 0.863. The van der Waals surface area contributed by atoms with Crippen molar-refractivity contribution in [2.24, 2.45) is 5.92 Å². The summed E-state index contributed by atoms with van der Waals surface area (Å²) >= 11 is 0. The molecule has 1 aromatic heterocycles. The predicted octanol–water partition coefficient (Wildman–Crippen LogP) is 1.72. The van der Waals surface area contributed by atoms with Crippen molar-refractivity contribution in [3.05, 3.63) is 18.0 Å². The molecule has 0 unspecified atom stereocenters. The molecule has 1 fully saturated rings. The number of aromatic nitrogens is 2. The minimum Gasteiger partial charge on any atom is -0.317 e. The van der Waals surface area contributed by atoms with Crippen molar-refractivity contribution in [2.75, 3.05) is 26.7 Å². The summed E-state index contributed by atoms with van der Waals surface area (Å²) in [4.78, 5) is 2.43. The molecule has 0 spiro atoms. The lowest BCUT2D eigenvalue weighted by molar-refractivity contribution is 0.234. The summed E-state index contributed by atoms with van der Waals surface area (Å²) in [6, 6.07) is 0. The fraction of sp³-hybridized carbons (Fsp3) is 0.786. The van der Waals surface area contributed by atoms with Crippen LogP contribution in [0.4, 0.5) is 0 Å². The van der Waals surface area contributed by atoms with E-state index < -0.39 is 0 Å². The van der Waals surface area contributed by atoms with E-state index >= 15 is 0 Å². The molecule has 0 saturated carbocycles. The average molecular weight is 250 g/mol. The Labute approximate surface area is 110 Å². The van der Waals surface area contributed by atoms with Gasteiger partial charge in [0, 0.05) is 31.4 Å². The highest BCUT2D eigenvalue weighted by atomic mass is 15.3. The second-order valence-electron chi connectivity index (χ2n) is 5.50. The minimum atomic E-state index is 0.863. The van der Waals surface area contributed by atoms with Crippen LogP contribution in [0.1, 0.15) is 31.7 Å². The monoisotopic (exact) mass is 250 g/mol. The number of hydrogen-bond acceptors (Lipinski definition) is 3. The molecule has 0 radical (unpaired) electrons. The second-order valence-corrected chi connectivity index (χ2v) is 5.50. The van der Waals surface area contributed by atoms with E-state index in [-0.39, 0.29) is 0 Å². The normalized spacial score (nSPS) is 17.5. The van der Waals surface area contributed by atoms with Gasteiger partial charge in [0.2, 0.25) is 0 Å². The van der Waals surface area contributed by atoms with E-state index in [1.165, 1.54) is 38.0 Å². The molecule has 1 saturated heterocycles. The second kappa shape index (κ2) is 6.90. The quantitative estimate of drug-likeness (QED) is 0.834. The van der Waals surface area contributed by atoms with Crippen LogP contribution in [-0.4, -0.2) is 41.4 Å². The lowest BCUT2D eigenvalue weighted by Crippen LogP contribution is -2.34. The van der Waals surface area contributed by atoms with Gasteiger partial charge in [-0.15, -0.1) is 0 Å². The minimum absolute atomic E-state index is 0.863. The maximum atomic E-state index is 4.39. The first-order valence-corrected chi connectivity index (χ1v) is 7.18. The van der Waals surface area contributed by atoms with Gasteiger partial charge < -0.3 is 10.2 Å². The van der Waals surface area contributed by atoms with Gasteiger partial charge in [-0.25, -0.2) is 0 Å². The van der Waals surface area contributed by atoms with Gasteiger partial charge in [-0.05, 0) is 45.3 Å². The summed E-state index contributed by atoms with van der Waals surface area (Å²) < 4.78 is 2.05. The van der Waals surface area contributed by atoms with E-state index in [1.54, 1.807) is 0 Å². The van der Waals surface area contributed by atoms with Gasteiger partial charge in [0.05, 0.1) is 6.20 Å². The highest BCUT2D eigenvalue weighted by molar-refractivity contribution is 5.03. The lowest BCUT2D eigenvalue weighted by atomic mass is 9.97. The summed E-state index contributed by atoms with van der Waals surface area (Å²) in [6.45, 7) is 7.82. The average Bonchev–Trinajstić information content (AvgIpc) is 2.78. The number of piperidine rings is 1. The lowest BCUT2D eigenvalue weighted by Gasteiger charge is -2.27. The zero-order valence-electron chi connectivity index (χ0n) is 11.7. The molecule has 0 amide bonds. The van der Waals surface area contributed by atoms with Crippen LogP contribution in [-0.2, 0) is 13.1 Å². The first kappa shape index (κ1) is 13.6. The van der Waals surface area contributed by atoms with E-state index in [2.05, 4.69) is 35.5 Å². The smallest absolute Gasteiger partial charge is 0.0534 e. The Kier molecular flexibility index (Phi) is 5.20. The van der Waals surface area contributed by atoms with E-state index in [0.717, 1.165) is 25.4 Å². The predicted molar refractivity (Wildman–Crippen MR) is 74.4 cm³/mol. The van der Waals surface area contributed by atoms with Gasteiger partial charge in [-0.2, -0.15) is 5.10 Å². The highest BCUT2D eigenvalue weighted by Crippen LogP contribution is 2.14. The topological polar surface area (TPSA) is 33.1 Å². The van der Waals surface area contributed by atoms with Gasteiger partial charge in [-0.1, -0.05) is 6.92 Å². The highest BCUT2D eigenvalue weighted by Gasteiger charge is 2.15. The van der Waals surface area contributed by atoms with Crippen LogP contribution in [0.5, 0.6) is 0 Å². The molecule has 0 aliphatic carbocycles. The number of aryl methyl sites for hydroxylation is 1. The molecule has 4 heteroatoms. The molecule has 0 atom stereocenters. The molecule has 102 valence electrons. The Bertz CT molecular complexity index is 341. The number of rotatable bonds is 6. The van der Waals surface area contributed by atoms with Gasteiger partial charge in [0.15, 0.2) is 0 Å². The standard InChI is InChI=1S/C14H26N4/c1-3-8-18-12-14(9-16-18)11-17(2)10-13-4-6-15-7-5-13/h9,12-13,15H,3-8,10-11H2,1-2H3. The molecule has 1 aliphatic rings. The molecule has 18 heavy (non-hydrogen) atoms. The molecule has 0 aromatic carbocycles. The van der Waals surface area contributed by atoms with Gasteiger partial charge in [-0.3, -0.25) is 4.68 Å². The van der Waals surface area contributed by atoms with Crippen LogP contribution in [0.15, 0.2) is 12.4 Å². The first-order valence-electron chi connectivity index (χ1n) is 7.18. The van der Waals surface area contributed by atoms with Crippen LogP contribution in [0, 0.1) is 5.92 Å². The van der Waals surface area contributed by atoms with Gasteiger partial charge in [0.1, 0.15) is 0 Å². The van der Waals surface area contributed by atoms with Crippen LogP contribution in [0.2, 0.25) is 0 Å². The van der Waals surface area contributed by atoms with Crippen molar-refractivity contribution in [3.8, 4) is 0 Å². The summed E-state index contributed by atoms with van der Waals surface area (Å²) in [6.07, 6.45) is 7.97. The summed E-state index contributed by atoms with van der Waals surface area (Å²) in [5, 5.41) is 7.81. The van der Waals surface area contributed by atoms with Crippen molar-refractivity contribution in [2.45, 2.75) is 39.3 Å². The fourth-order valence-electron chi connectivity index (χ4n) is 2.72. The first-order chi connectivity index (χ1) is 8.78. The van der Waals surface area contributed by atoms with Crippen molar-refractivity contribution >= 4 is 0 Å². The Hall–Kier alpha value is -0.870. The van der Waals surface area contributed by atoms with Crippen molar-refractivity contribution < 1.29 is 0 Å². The maximum absolute atomic E-state index is 4.39. The van der Waals surface area contributed by atoms with Crippen molar-refractivity contribution in [1.29, 1.82) is 0 Å². The molecular weight excluding hydrogens is 224 g/mol. The molecular formula is C14H26N4. The van der Waals surface area contributed by atoms with E-state index in [4.69, 9.17) is 0 Å². The van der Waals surface area contributed by atoms with Crippen LogP contribution >= 0.6 is 0 Å². The molecule has 0 bridgehead atoms. The molecule has 2 rings (SSSR count).